The van der Waals surface area contributed by atoms with Crippen molar-refractivity contribution in [3.63, 3.8) is 0 Å². The van der Waals surface area contributed by atoms with E-state index >= 15 is 0 Å². The zero-order valence-corrected chi connectivity index (χ0v) is 19.9. The monoisotopic (exact) mass is 474 g/mol. The van der Waals surface area contributed by atoms with Gasteiger partial charge in [0, 0.05) is 6.42 Å². The van der Waals surface area contributed by atoms with Crippen LogP contribution in [0.3, 0.4) is 0 Å². The molecule has 0 fully saturated rings. The molecule has 0 aromatic heterocycles. The molecular weight excluding hydrogens is 448 g/mol. The SMILES string of the molecule is Cc1ccc([C@H](NC(=O)[C@@H](Cc2ccccc2)N2C(=O)c3ccccc3C2=O)c2ccccc2)cc1. The van der Waals surface area contributed by atoms with E-state index in [4.69, 9.17) is 0 Å². The first-order valence-corrected chi connectivity index (χ1v) is 12.0. The summed E-state index contributed by atoms with van der Waals surface area (Å²) < 4.78 is 0. The Labute approximate surface area is 210 Å². The van der Waals surface area contributed by atoms with Gasteiger partial charge < -0.3 is 5.32 Å². The molecule has 0 unspecified atom stereocenters. The molecule has 1 aliphatic heterocycles. The summed E-state index contributed by atoms with van der Waals surface area (Å²) in [7, 11) is 0. The number of nitrogens with one attached hydrogen (secondary N) is 1. The molecular formula is C31H26N2O3. The minimum atomic E-state index is -1.00. The minimum Gasteiger partial charge on any atom is -0.343 e. The van der Waals surface area contributed by atoms with Crippen LogP contribution >= 0.6 is 0 Å². The standard InChI is InChI=1S/C31H26N2O3/c1-21-16-18-24(19-17-21)28(23-12-6-3-7-13-23)32-29(34)27(20-22-10-4-2-5-11-22)33-30(35)25-14-8-9-15-26(25)31(33)36/h2-19,27-28H,20H2,1H3,(H,32,34)/t27-,28-/m1/s1. The Morgan fingerprint density at radius 2 is 1.19 bits per heavy atom. The number of aryl methyl sites for hydroxylation is 1. The molecule has 0 spiro atoms. The third-order valence-electron chi connectivity index (χ3n) is 6.54. The summed E-state index contributed by atoms with van der Waals surface area (Å²) in [5.41, 5.74) is 4.46. The largest absolute Gasteiger partial charge is 0.343 e. The molecule has 5 heteroatoms. The highest BCUT2D eigenvalue weighted by Gasteiger charge is 2.43. The number of rotatable bonds is 7. The first-order valence-electron chi connectivity index (χ1n) is 12.0. The zero-order valence-electron chi connectivity index (χ0n) is 19.9. The molecule has 1 N–H and O–H groups in total. The summed E-state index contributed by atoms with van der Waals surface area (Å²) in [5.74, 6) is -1.28. The van der Waals surface area contributed by atoms with Crippen molar-refractivity contribution >= 4 is 17.7 Å². The second-order valence-corrected chi connectivity index (χ2v) is 8.99. The summed E-state index contributed by atoms with van der Waals surface area (Å²) in [6.07, 6.45) is 0.216. The van der Waals surface area contributed by atoms with Gasteiger partial charge in [0.25, 0.3) is 11.8 Å². The van der Waals surface area contributed by atoms with Gasteiger partial charge in [0.05, 0.1) is 17.2 Å². The number of imide groups is 1. The van der Waals surface area contributed by atoms with Crippen molar-refractivity contribution in [3.05, 3.63) is 143 Å². The molecule has 5 rings (SSSR count). The van der Waals surface area contributed by atoms with Crippen LogP contribution in [0.25, 0.3) is 0 Å². The van der Waals surface area contributed by atoms with Gasteiger partial charge in [0.15, 0.2) is 0 Å². The van der Waals surface area contributed by atoms with Crippen LogP contribution in [0.4, 0.5) is 0 Å². The smallest absolute Gasteiger partial charge is 0.262 e. The van der Waals surface area contributed by atoms with E-state index in [2.05, 4.69) is 5.32 Å². The van der Waals surface area contributed by atoms with Crippen molar-refractivity contribution < 1.29 is 14.4 Å². The molecule has 5 nitrogen and oxygen atoms in total. The average molecular weight is 475 g/mol. The first-order chi connectivity index (χ1) is 17.5. The summed E-state index contributed by atoms with van der Waals surface area (Å²) in [4.78, 5) is 41.7. The Hall–Kier alpha value is -4.51. The molecule has 0 saturated heterocycles. The Morgan fingerprint density at radius 1 is 0.694 bits per heavy atom. The van der Waals surface area contributed by atoms with Crippen LogP contribution < -0.4 is 5.32 Å². The average Bonchev–Trinajstić information content (AvgIpc) is 3.17. The van der Waals surface area contributed by atoms with E-state index in [1.807, 2.05) is 91.9 Å². The van der Waals surface area contributed by atoms with E-state index < -0.39 is 23.9 Å². The number of benzene rings is 4. The van der Waals surface area contributed by atoms with Gasteiger partial charge in [0.1, 0.15) is 6.04 Å². The molecule has 0 saturated carbocycles. The maximum absolute atomic E-state index is 13.9. The Balaban J connectivity index is 1.52. The highest BCUT2D eigenvalue weighted by molar-refractivity contribution is 6.22. The molecule has 0 bridgehead atoms. The van der Waals surface area contributed by atoms with Gasteiger partial charge in [-0.2, -0.15) is 0 Å². The number of amides is 3. The van der Waals surface area contributed by atoms with Crippen LogP contribution in [0.5, 0.6) is 0 Å². The van der Waals surface area contributed by atoms with E-state index in [0.717, 1.165) is 27.2 Å². The van der Waals surface area contributed by atoms with E-state index in [0.29, 0.717) is 11.1 Å². The van der Waals surface area contributed by atoms with Crippen LogP contribution in [-0.4, -0.2) is 28.7 Å². The predicted octanol–water partition coefficient (Wildman–Crippen LogP) is 5.11. The van der Waals surface area contributed by atoms with Gasteiger partial charge in [0.2, 0.25) is 5.91 Å². The number of nitrogens with zero attached hydrogens (tertiary/aromatic N) is 1. The number of carbonyl (C=O) groups excluding carboxylic acids is 3. The molecule has 0 radical (unpaired) electrons. The van der Waals surface area contributed by atoms with Gasteiger partial charge in [-0.15, -0.1) is 0 Å². The van der Waals surface area contributed by atoms with Gasteiger partial charge in [-0.1, -0.05) is 103 Å². The Bertz CT molecular complexity index is 1360. The second-order valence-electron chi connectivity index (χ2n) is 8.99. The van der Waals surface area contributed by atoms with Crippen molar-refractivity contribution in [2.75, 3.05) is 0 Å². The van der Waals surface area contributed by atoms with Crippen LogP contribution in [0.1, 0.15) is 49.0 Å². The summed E-state index contributed by atoms with van der Waals surface area (Å²) in [5, 5.41) is 3.15. The van der Waals surface area contributed by atoms with Crippen molar-refractivity contribution in [1.29, 1.82) is 0 Å². The van der Waals surface area contributed by atoms with E-state index in [9.17, 15) is 14.4 Å². The number of hydrogen-bond acceptors (Lipinski definition) is 3. The molecule has 1 aliphatic rings. The Morgan fingerprint density at radius 3 is 1.78 bits per heavy atom. The maximum Gasteiger partial charge on any atom is 0.262 e. The van der Waals surface area contributed by atoms with Crippen LogP contribution in [0, 0.1) is 6.92 Å². The fourth-order valence-corrected chi connectivity index (χ4v) is 4.63. The zero-order chi connectivity index (χ0) is 25.1. The second kappa shape index (κ2) is 10.0. The lowest BCUT2D eigenvalue weighted by atomic mass is 9.96. The summed E-state index contributed by atoms with van der Waals surface area (Å²) in [6, 6.07) is 32.4. The maximum atomic E-state index is 13.9. The molecule has 1 heterocycles. The normalized spacial score (nSPS) is 14.3. The van der Waals surface area contributed by atoms with Crippen LogP contribution in [0.15, 0.2) is 109 Å². The van der Waals surface area contributed by atoms with Gasteiger partial charge in [-0.3, -0.25) is 19.3 Å². The van der Waals surface area contributed by atoms with E-state index in [-0.39, 0.29) is 12.3 Å². The highest BCUT2D eigenvalue weighted by atomic mass is 16.2. The quantitative estimate of drug-likeness (QED) is 0.379. The Kier molecular flexibility index (Phi) is 6.46. The van der Waals surface area contributed by atoms with Crippen molar-refractivity contribution in [3.8, 4) is 0 Å². The van der Waals surface area contributed by atoms with E-state index in [1.54, 1.807) is 24.3 Å². The number of hydrogen-bond donors (Lipinski definition) is 1. The lowest BCUT2D eigenvalue weighted by Gasteiger charge is -2.28. The van der Waals surface area contributed by atoms with Gasteiger partial charge in [-0.05, 0) is 35.7 Å². The van der Waals surface area contributed by atoms with E-state index in [1.165, 1.54) is 0 Å². The number of fused-ring (bicyclic) bond motifs is 1. The third-order valence-corrected chi connectivity index (χ3v) is 6.54. The van der Waals surface area contributed by atoms with Gasteiger partial charge in [-0.25, -0.2) is 0 Å². The molecule has 36 heavy (non-hydrogen) atoms. The molecule has 4 aromatic carbocycles. The minimum absolute atomic E-state index is 0.216. The summed E-state index contributed by atoms with van der Waals surface area (Å²) >= 11 is 0. The predicted molar refractivity (Wildman–Crippen MR) is 138 cm³/mol. The van der Waals surface area contributed by atoms with Crippen LogP contribution in [-0.2, 0) is 11.2 Å². The molecule has 3 amide bonds. The topological polar surface area (TPSA) is 66.5 Å². The van der Waals surface area contributed by atoms with Gasteiger partial charge >= 0.3 is 0 Å². The van der Waals surface area contributed by atoms with Crippen LogP contribution in [0.2, 0.25) is 0 Å². The molecule has 2 atom stereocenters. The fourth-order valence-electron chi connectivity index (χ4n) is 4.63. The highest BCUT2D eigenvalue weighted by Crippen LogP contribution is 2.28. The number of carbonyl (C=O) groups is 3. The molecule has 4 aromatic rings. The molecule has 0 aliphatic carbocycles. The van der Waals surface area contributed by atoms with Crippen molar-refractivity contribution in [2.45, 2.75) is 25.4 Å². The lowest BCUT2D eigenvalue weighted by molar-refractivity contribution is -0.125. The summed E-state index contributed by atoms with van der Waals surface area (Å²) in [6.45, 7) is 2.01. The first kappa shape index (κ1) is 23.2. The van der Waals surface area contributed by atoms with Crippen molar-refractivity contribution in [1.82, 2.24) is 10.2 Å². The third kappa shape index (κ3) is 4.56. The lowest BCUT2D eigenvalue weighted by Crippen LogP contribution is -2.51. The fraction of sp³-hybridized carbons (Fsp3) is 0.129. The van der Waals surface area contributed by atoms with Crippen molar-refractivity contribution in [2.24, 2.45) is 0 Å². The molecule has 178 valence electrons.